The summed E-state index contributed by atoms with van der Waals surface area (Å²) in [5.41, 5.74) is 2.45. The molecule has 0 unspecified atom stereocenters. The highest BCUT2D eigenvalue weighted by atomic mass is 16.5. The van der Waals surface area contributed by atoms with Crippen LogP contribution in [0.4, 0.5) is 0 Å². The average Bonchev–Trinajstić information content (AvgIpc) is 3.34. The van der Waals surface area contributed by atoms with E-state index in [9.17, 15) is 14.4 Å². The second-order valence-electron chi connectivity index (χ2n) is 10.4. The number of para-hydroxylation sites is 1. The lowest BCUT2D eigenvalue weighted by atomic mass is 9.99. The number of ether oxygens (including phenoxy) is 2. The molecule has 1 N–H and O–H groups in total. The molecule has 0 bridgehead atoms. The third-order valence-corrected chi connectivity index (χ3v) is 6.22. The van der Waals surface area contributed by atoms with Gasteiger partial charge in [-0.25, -0.2) is 9.48 Å². The predicted octanol–water partition coefficient (Wildman–Crippen LogP) is 3.91. The van der Waals surface area contributed by atoms with Crippen molar-refractivity contribution in [2.24, 2.45) is 0 Å². The van der Waals surface area contributed by atoms with E-state index in [1.54, 1.807) is 31.4 Å². The van der Waals surface area contributed by atoms with Gasteiger partial charge in [0.15, 0.2) is 0 Å². The average molecular weight is 544 g/mol. The number of methoxy groups -OCH3 is 2. The number of nitrogens with zero attached hydrogens (tertiary/aromatic N) is 4. The van der Waals surface area contributed by atoms with Crippen LogP contribution in [0.5, 0.6) is 5.75 Å². The Hall–Kier alpha value is -4.73. The molecule has 0 aliphatic rings. The first-order valence-electron chi connectivity index (χ1n) is 12.8. The molecule has 0 aliphatic heterocycles. The number of hydrogen-bond donors (Lipinski definition) is 1. The number of hydrogen-bond acceptors (Lipinski definition) is 7. The maximum atomic E-state index is 14.1. The van der Waals surface area contributed by atoms with Gasteiger partial charge in [0.2, 0.25) is 11.8 Å². The van der Waals surface area contributed by atoms with Crippen LogP contribution in [0.2, 0.25) is 0 Å². The third kappa shape index (κ3) is 6.63. The molecule has 0 fully saturated rings. The van der Waals surface area contributed by atoms with Gasteiger partial charge in [0.1, 0.15) is 23.9 Å². The lowest BCUT2D eigenvalue weighted by molar-refractivity contribution is -0.142. The minimum Gasteiger partial charge on any atom is -0.497 e. The molecule has 0 saturated heterocycles. The van der Waals surface area contributed by atoms with Crippen molar-refractivity contribution in [2.75, 3.05) is 14.2 Å². The molecule has 4 aromatic rings. The van der Waals surface area contributed by atoms with Crippen LogP contribution in [-0.4, -0.2) is 57.4 Å². The zero-order valence-corrected chi connectivity index (χ0v) is 23.2. The summed E-state index contributed by atoms with van der Waals surface area (Å²) in [5.74, 6) is -0.572. The van der Waals surface area contributed by atoms with Crippen LogP contribution in [-0.2, 0) is 27.4 Å². The summed E-state index contributed by atoms with van der Waals surface area (Å²) in [7, 11) is 2.87. The summed E-state index contributed by atoms with van der Waals surface area (Å²) in [6, 6.07) is 20.2. The molecule has 2 amide bonds. The molecule has 3 aromatic carbocycles. The number of benzene rings is 3. The van der Waals surface area contributed by atoms with E-state index in [0.717, 1.165) is 5.56 Å². The van der Waals surface area contributed by atoms with Crippen molar-refractivity contribution in [1.82, 2.24) is 25.2 Å². The molecule has 10 heteroatoms. The monoisotopic (exact) mass is 543 g/mol. The number of nitrogens with one attached hydrogen (secondary N) is 1. The van der Waals surface area contributed by atoms with Crippen molar-refractivity contribution in [3.8, 4) is 5.75 Å². The van der Waals surface area contributed by atoms with Gasteiger partial charge < -0.3 is 19.7 Å². The number of carbonyl (C=O) groups excluding carboxylic acids is 3. The van der Waals surface area contributed by atoms with Gasteiger partial charge in [-0.3, -0.25) is 9.59 Å². The smallest absolute Gasteiger partial charge is 0.337 e. The highest BCUT2D eigenvalue weighted by Crippen LogP contribution is 2.27. The van der Waals surface area contributed by atoms with Gasteiger partial charge in [0.25, 0.3) is 0 Å². The van der Waals surface area contributed by atoms with Gasteiger partial charge in [-0.05, 0) is 68.3 Å². The minimum absolute atomic E-state index is 0.115. The predicted molar refractivity (Wildman–Crippen MR) is 149 cm³/mol. The first-order chi connectivity index (χ1) is 19.1. The normalized spacial score (nSPS) is 12.0. The molecule has 10 nitrogen and oxygen atoms in total. The van der Waals surface area contributed by atoms with E-state index in [2.05, 4.69) is 15.6 Å². The Morgan fingerprint density at radius 2 is 1.70 bits per heavy atom. The Morgan fingerprint density at radius 3 is 2.38 bits per heavy atom. The second-order valence-corrected chi connectivity index (χ2v) is 10.4. The van der Waals surface area contributed by atoms with Crippen molar-refractivity contribution >= 4 is 28.8 Å². The first-order valence-corrected chi connectivity index (χ1v) is 12.8. The molecular weight excluding hydrogens is 510 g/mol. The van der Waals surface area contributed by atoms with Gasteiger partial charge in [-0.2, -0.15) is 0 Å². The Labute approximate surface area is 232 Å². The quantitative estimate of drug-likeness (QED) is 0.318. The fourth-order valence-electron chi connectivity index (χ4n) is 4.37. The minimum atomic E-state index is -1.01. The number of esters is 1. The molecule has 1 heterocycles. The molecular formula is C30H33N5O5. The van der Waals surface area contributed by atoms with E-state index in [-0.39, 0.29) is 24.9 Å². The van der Waals surface area contributed by atoms with E-state index in [1.807, 2.05) is 69.3 Å². The zero-order chi connectivity index (χ0) is 28.9. The van der Waals surface area contributed by atoms with Gasteiger partial charge in [-0.1, -0.05) is 41.6 Å². The second kappa shape index (κ2) is 12.0. The fraction of sp³-hybridized carbons (Fsp3) is 0.300. The molecule has 1 atom stereocenters. The Balaban J connectivity index is 1.79. The Morgan fingerprint density at radius 1 is 0.975 bits per heavy atom. The van der Waals surface area contributed by atoms with Crippen LogP contribution < -0.4 is 10.1 Å². The lowest BCUT2D eigenvalue weighted by Crippen LogP contribution is -2.49. The summed E-state index contributed by atoms with van der Waals surface area (Å²) >= 11 is 0. The van der Waals surface area contributed by atoms with Crippen LogP contribution >= 0.6 is 0 Å². The maximum Gasteiger partial charge on any atom is 0.337 e. The molecule has 0 radical (unpaired) electrons. The largest absolute Gasteiger partial charge is 0.497 e. The highest BCUT2D eigenvalue weighted by molar-refractivity contribution is 5.91. The van der Waals surface area contributed by atoms with E-state index in [0.29, 0.717) is 27.9 Å². The SMILES string of the molecule is COC(=O)c1ccc([C@H](C(=O)NC(C)(C)C)N(Cc2cccc(OC)c2)C(=O)Cn2nnc3ccccc32)cc1. The van der Waals surface area contributed by atoms with E-state index >= 15 is 0 Å². The fourth-order valence-corrected chi connectivity index (χ4v) is 4.37. The van der Waals surface area contributed by atoms with Crippen molar-refractivity contribution in [2.45, 2.75) is 45.4 Å². The lowest BCUT2D eigenvalue weighted by Gasteiger charge is -2.34. The molecule has 208 valence electrons. The summed E-state index contributed by atoms with van der Waals surface area (Å²) in [6.45, 7) is 5.60. The van der Waals surface area contributed by atoms with Crippen LogP contribution in [0.3, 0.4) is 0 Å². The molecule has 0 spiro atoms. The van der Waals surface area contributed by atoms with Crippen LogP contribution in [0.1, 0.15) is 48.3 Å². The number of carbonyl (C=O) groups is 3. The summed E-state index contributed by atoms with van der Waals surface area (Å²) < 4.78 is 11.7. The number of rotatable bonds is 9. The molecule has 40 heavy (non-hydrogen) atoms. The third-order valence-electron chi connectivity index (χ3n) is 6.22. The zero-order valence-electron chi connectivity index (χ0n) is 23.2. The van der Waals surface area contributed by atoms with Crippen LogP contribution in [0.25, 0.3) is 11.0 Å². The van der Waals surface area contributed by atoms with Crippen molar-refractivity contribution in [3.05, 3.63) is 89.5 Å². The molecule has 4 rings (SSSR count). The maximum absolute atomic E-state index is 14.1. The van der Waals surface area contributed by atoms with E-state index < -0.39 is 17.6 Å². The van der Waals surface area contributed by atoms with E-state index in [1.165, 1.54) is 16.7 Å². The van der Waals surface area contributed by atoms with Crippen molar-refractivity contribution in [3.63, 3.8) is 0 Å². The first kappa shape index (κ1) is 28.3. The number of fused-ring (bicyclic) bond motifs is 1. The van der Waals surface area contributed by atoms with Crippen molar-refractivity contribution < 1.29 is 23.9 Å². The van der Waals surface area contributed by atoms with E-state index in [4.69, 9.17) is 9.47 Å². The van der Waals surface area contributed by atoms with Gasteiger partial charge >= 0.3 is 5.97 Å². The Bertz CT molecular complexity index is 1510. The Kier molecular flexibility index (Phi) is 8.47. The molecule has 0 saturated carbocycles. The summed E-state index contributed by atoms with van der Waals surface area (Å²) in [4.78, 5) is 41.5. The summed E-state index contributed by atoms with van der Waals surface area (Å²) in [5, 5.41) is 11.4. The van der Waals surface area contributed by atoms with Gasteiger partial charge in [0.05, 0.1) is 25.3 Å². The molecule has 0 aliphatic carbocycles. The van der Waals surface area contributed by atoms with Crippen molar-refractivity contribution in [1.29, 1.82) is 0 Å². The standard InChI is InChI=1S/C30H33N5O5/c1-30(2,3)31-28(37)27(21-13-15-22(16-14-21)29(38)40-5)34(18-20-9-8-10-23(17-20)39-4)26(36)19-35-25-12-7-6-11-24(25)32-33-35/h6-17,27H,18-19H2,1-5H3,(H,31,37)/t27-/m1/s1. The molecule has 1 aromatic heterocycles. The summed E-state index contributed by atoms with van der Waals surface area (Å²) in [6.07, 6.45) is 0. The van der Waals surface area contributed by atoms with Gasteiger partial charge in [0, 0.05) is 12.1 Å². The number of aromatic nitrogens is 3. The topological polar surface area (TPSA) is 116 Å². The number of amides is 2. The highest BCUT2D eigenvalue weighted by Gasteiger charge is 2.34. The van der Waals surface area contributed by atoms with Crippen LogP contribution in [0, 0.1) is 0 Å². The van der Waals surface area contributed by atoms with Gasteiger partial charge in [-0.15, -0.1) is 5.10 Å². The van der Waals surface area contributed by atoms with Crippen LogP contribution in [0.15, 0.2) is 72.8 Å².